The van der Waals surface area contributed by atoms with Crippen molar-refractivity contribution in [3.05, 3.63) is 29.8 Å². The molecule has 1 amide bonds. The molecule has 0 bridgehead atoms. The normalized spacial score (nSPS) is 19.6. The zero-order valence-corrected chi connectivity index (χ0v) is 13.1. The van der Waals surface area contributed by atoms with Gasteiger partial charge in [0.25, 0.3) is 5.91 Å². The molecule has 1 saturated carbocycles. The first-order chi connectivity index (χ1) is 10.1. The summed E-state index contributed by atoms with van der Waals surface area (Å²) in [5.41, 5.74) is 1.93. The predicted octanol–water partition coefficient (Wildman–Crippen LogP) is 1.92. The fourth-order valence-corrected chi connectivity index (χ4v) is 2.88. The number of nitrogens with zero attached hydrogens (tertiary/aromatic N) is 3. The Hall–Kier alpha value is -1.55. The Morgan fingerprint density at radius 3 is 2.24 bits per heavy atom. The number of hydrogen-bond donors (Lipinski definition) is 0. The number of carbonyl (C=O) groups is 1. The van der Waals surface area contributed by atoms with Gasteiger partial charge in [0, 0.05) is 58.1 Å². The number of carbonyl (C=O) groups excluding carboxylic acids is 1. The highest BCUT2D eigenvalue weighted by atomic mass is 16.2. The Morgan fingerprint density at radius 1 is 1.10 bits per heavy atom. The zero-order chi connectivity index (χ0) is 14.8. The molecule has 2 aliphatic rings. The number of piperazine rings is 1. The van der Waals surface area contributed by atoms with E-state index in [0.29, 0.717) is 0 Å². The van der Waals surface area contributed by atoms with E-state index in [4.69, 9.17) is 0 Å². The Kier molecular flexibility index (Phi) is 4.15. The minimum Gasteiger partial charge on any atom is -0.378 e. The van der Waals surface area contributed by atoms with Crippen LogP contribution in [0, 0.1) is 5.92 Å². The first-order valence-electron chi connectivity index (χ1n) is 7.92. The van der Waals surface area contributed by atoms with Crippen LogP contribution < -0.4 is 4.90 Å². The number of rotatable bonds is 4. The molecule has 1 aliphatic heterocycles. The summed E-state index contributed by atoms with van der Waals surface area (Å²) in [5, 5.41) is 0. The van der Waals surface area contributed by atoms with Gasteiger partial charge in [0.1, 0.15) is 0 Å². The predicted molar refractivity (Wildman–Crippen MR) is 85.8 cm³/mol. The molecule has 0 spiro atoms. The molecule has 1 aromatic carbocycles. The third kappa shape index (κ3) is 3.56. The third-order valence-electron chi connectivity index (χ3n) is 4.50. The van der Waals surface area contributed by atoms with Crippen molar-refractivity contribution in [3.63, 3.8) is 0 Å². The van der Waals surface area contributed by atoms with Crippen molar-refractivity contribution in [3.8, 4) is 0 Å². The number of hydrogen-bond acceptors (Lipinski definition) is 3. The molecule has 0 aromatic heterocycles. The zero-order valence-electron chi connectivity index (χ0n) is 13.1. The summed E-state index contributed by atoms with van der Waals surface area (Å²) in [6.45, 7) is 5.01. The molecule has 1 saturated heterocycles. The van der Waals surface area contributed by atoms with Crippen LogP contribution in [0.3, 0.4) is 0 Å². The van der Waals surface area contributed by atoms with E-state index >= 15 is 0 Å². The highest BCUT2D eigenvalue weighted by Crippen LogP contribution is 2.30. The van der Waals surface area contributed by atoms with Crippen LogP contribution in [-0.4, -0.2) is 62.5 Å². The first-order valence-corrected chi connectivity index (χ1v) is 7.92. The number of benzene rings is 1. The van der Waals surface area contributed by atoms with Gasteiger partial charge in [-0.1, -0.05) is 0 Å². The lowest BCUT2D eigenvalue weighted by atomic mass is 10.1. The number of anilines is 1. The maximum absolute atomic E-state index is 12.5. The van der Waals surface area contributed by atoms with Crippen LogP contribution in [-0.2, 0) is 0 Å². The van der Waals surface area contributed by atoms with E-state index in [9.17, 15) is 4.79 Å². The van der Waals surface area contributed by atoms with Crippen LogP contribution in [0.1, 0.15) is 23.2 Å². The maximum atomic E-state index is 12.5. The van der Waals surface area contributed by atoms with E-state index < -0.39 is 0 Å². The molecule has 2 fully saturated rings. The lowest BCUT2D eigenvalue weighted by Gasteiger charge is -2.34. The van der Waals surface area contributed by atoms with Gasteiger partial charge in [-0.05, 0) is 43.0 Å². The summed E-state index contributed by atoms with van der Waals surface area (Å²) in [7, 11) is 4.02. The van der Waals surface area contributed by atoms with Crippen molar-refractivity contribution >= 4 is 11.6 Å². The van der Waals surface area contributed by atoms with E-state index in [-0.39, 0.29) is 5.91 Å². The standard InChI is InChI=1S/C17H25N3O/c1-18(2)16-7-5-15(6-8-16)17(21)20-11-9-19(10-12-20)13-14-3-4-14/h5-8,14H,3-4,9-13H2,1-2H3. The Balaban J connectivity index is 1.55. The Bertz CT molecular complexity index is 485. The minimum absolute atomic E-state index is 0.173. The highest BCUT2D eigenvalue weighted by molar-refractivity contribution is 5.94. The average molecular weight is 287 g/mol. The number of amides is 1. The van der Waals surface area contributed by atoms with Crippen LogP contribution in [0.25, 0.3) is 0 Å². The molecule has 0 N–H and O–H groups in total. The van der Waals surface area contributed by atoms with Gasteiger partial charge >= 0.3 is 0 Å². The molecule has 21 heavy (non-hydrogen) atoms. The van der Waals surface area contributed by atoms with E-state index in [1.54, 1.807) is 0 Å². The lowest BCUT2D eigenvalue weighted by molar-refractivity contribution is 0.0632. The molecule has 0 unspecified atom stereocenters. The molecule has 0 radical (unpaired) electrons. The van der Waals surface area contributed by atoms with Gasteiger partial charge in [-0.25, -0.2) is 0 Å². The fraction of sp³-hybridized carbons (Fsp3) is 0.588. The largest absolute Gasteiger partial charge is 0.378 e. The molecular weight excluding hydrogens is 262 g/mol. The van der Waals surface area contributed by atoms with Gasteiger partial charge < -0.3 is 9.80 Å². The van der Waals surface area contributed by atoms with Crippen molar-refractivity contribution in [2.45, 2.75) is 12.8 Å². The van der Waals surface area contributed by atoms with Crippen molar-refractivity contribution < 1.29 is 4.79 Å². The SMILES string of the molecule is CN(C)c1ccc(C(=O)N2CCN(CC3CC3)CC2)cc1. The first kappa shape index (κ1) is 14.4. The maximum Gasteiger partial charge on any atom is 0.253 e. The summed E-state index contributed by atoms with van der Waals surface area (Å²) in [6.07, 6.45) is 2.80. The minimum atomic E-state index is 0.173. The summed E-state index contributed by atoms with van der Waals surface area (Å²) < 4.78 is 0. The van der Waals surface area contributed by atoms with Gasteiger partial charge in [-0.2, -0.15) is 0 Å². The average Bonchev–Trinajstić information content (AvgIpc) is 3.31. The molecule has 4 nitrogen and oxygen atoms in total. The Morgan fingerprint density at radius 2 is 1.71 bits per heavy atom. The quantitative estimate of drug-likeness (QED) is 0.846. The van der Waals surface area contributed by atoms with Gasteiger partial charge in [0.2, 0.25) is 0 Å². The van der Waals surface area contributed by atoms with Crippen molar-refractivity contribution in [2.24, 2.45) is 5.92 Å². The van der Waals surface area contributed by atoms with Gasteiger partial charge in [0.05, 0.1) is 0 Å². The van der Waals surface area contributed by atoms with E-state index in [1.807, 2.05) is 48.2 Å². The van der Waals surface area contributed by atoms with E-state index in [0.717, 1.165) is 43.3 Å². The van der Waals surface area contributed by atoms with E-state index in [1.165, 1.54) is 19.4 Å². The summed E-state index contributed by atoms with van der Waals surface area (Å²) in [5.74, 6) is 1.11. The molecule has 114 valence electrons. The summed E-state index contributed by atoms with van der Waals surface area (Å²) in [4.78, 5) is 19.1. The van der Waals surface area contributed by atoms with Crippen molar-refractivity contribution in [1.29, 1.82) is 0 Å². The molecule has 1 heterocycles. The molecule has 4 heteroatoms. The summed E-state index contributed by atoms with van der Waals surface area (Å²) in [6, 6.07) is 7.90. The summed E-state index contributed by atoms with van der Waals surface area (Å²) >= 11 is 0. The second-order valence-electron chi connectivity index (χ2n) is 6.48. The van der Waals surface area contributed by atoms with Crippen LogP contribution in [0.5, 0.6) is 0 Å². The fourth-order valence-electron chi connectivity index (χ4n) is 2.88. The molecule has 3 rings (SSSR count). The Labute approximate surface area is 127 Å². The molecule has 0 atom stereocenters. The van der Waals surface area contributed by atoms with Crippen molar-refractivity contribution in [2.75, 3.05) is 51.7 Å². The topological polar surface area (TPSA) is 26.8 Å². The lowest BCUT2D eigenvalue weighted by Crippen LogP contribution is -2.49. The second-order valence-corrected chi connectivity index (χ2v) is 6.48. The molecule has 1 aliphatic carbocycles. The van der Waals surface area contributed by atoms with Crippen LogP contribution in [0.15, 0.2) is 24.3 Å². The van der Waals surface area contributed by atoms with Gasteiger partial charge in [0.15, 0.2) is 0 Å². The van der Waals surface area contributed by atoms with Crippen LogP contribution in [0.2, 0.25) is 0 Å². The molecular formula is C17H25N3O. The third-order valence-corrected chi connectivity index (χ3v) is 4.50. The van der Waals surface area contributed by atoms with Gasteiger partial charge in [-0.3, -0.25) is 9.69 Å². The van der Waals surface area contributed by atoms with Crippen LogP contribution in [0.4, 0.5) is 5.69 Å². The van der Waals surface area contributed by atoms with Crippen LogP contribution >= 0.6 is 0 Å². The van der Waals surface area contributed by atoms with Crippen molar-refractivity contribution in [1.82, 2.24) is 9.80 Å². The highest BCUT2D eigenvalue weighted by Gasteiger charge is 2.27. The van der Waals surface area contributed by atoms with E-state index in [2.05, 4.69) is 4.90 Å². The van der Waals surface area contributed by atoms with Gasteiger partial charge in [-0.15, -0.1) is 0 Å². The second kappa shape index (κ2) is 6.06. The monoisotopic (exact) mass is 287 g/mol. The smallest absolute Gasteiger partial charge is 0.253 e. The molecule has 1 aromatic rings.